The zero-order chi connectivity index (χ0) is 16.6. The summed E-state index contributed by atoms with van der Waals surface area (Å²) in [5.41, 5.74) is 1.42. The summed E-state index contributed by atoms with van der Waals surface area (Å²) >= 11 is 0. The van der Waals surface area contributed by atoms with E-state index in [2.05, 4.69) is 24.0 Å². The van der Waals surface area contributed by atoms with E-state index < -0.39 is 6.17 Å². The Balaban J connectivity index is 1.54. The van der Waals surface area contributed by atoms with Crippen LogP contribution in [0.15, 0.2) is 6.07 Å². The second-order valence-corrected chi connectivity index (χ2v) is 6.95. The lowest BCUT2D eigenvalue weighted by Crippen LogP contribution is -2.29. The molecule has 0 aromatic carbocycles. The van der Waals surface area contributed by atoms with Gasteiger partial charge in [-0.3, -0.25) is 14.7 Å². The van der Waals surface area contributed by atoms with E-state index in [1.54, 1.807) is 4.90 Å². The molecule has 0 spiro atoms. The Morgan fingerprint density at radius 1 is 1.52 bits per heavy atom. The Morgan fingerprint density at radius 2 is 2.26 bits per heavy atom. The van der Waals surface area contributed by atoms with E-state index in [0.717, 1.165) is 18.5 Å². The highest BCUT2D eigenvalue weighted by Crippen LogP contribution is 2.37. The summed E-state index contributed by atoms with van der Waals surface area (Å²) in [7, 11) is 0. The molecule has 4 atom stereocenters. The van der Waals surface area contributed by atoms with E-state index in [9.17, 15) is 14.0 Å². The second kappa shape index (κ2) is 6.42. The third-order valence-electron chi connectivity index (χ3n) is 5.13. The van der Waals surface area contributed by atoms with Crippen LogP contribution in [0.1, 0.15) is 61.6 Å². The van der Waals surface area contributed by atoms with Crippen LogP contribution in [0.5, 0.6) is 0 Å². The molecule has 3 rings (SSSR count). The maximum absolute atomic E-state index is 12.9. The standard InChI is InChI=1S/C17H24FN3O2/c1-3-10(2)14-8-15(20-19-14)17(23)21-5-4-11(9-21)6-16(22)12-7-13(12)18/h8,10-13H,3-7,9H2,1-2H3,(H,19,20)/t10?,11-,12-,13?/m0/s1. The molecule has 1 amide bonds. The normalized spacial score (nSPS) is 28.0. The van der Waals surface area contributed by atoms with Crippen molar-refractivity contribution in [2.75, 3.05) is 13.1 Å². The monoisotopic (exact) mass is 321 g/mol. The van der Waals surface area contributed by atoms with Gasteiger partial charge in [-0.15, -0.1) is 0 Å². The van der Waals surface area contributed by atoms with Crippen LogP contribution in [0.3, 0.4) is 0 Å². The highest BCUT2D eigenvalue weighted by Gasteiger charge is 2.44. The molecule has 2 aliphatic rings. The molecule has 1 aromatic heterocycles. The summed E-state index contributed by atoms with van der Waals surface area (Å²) in [6.45, 7) is 5.40. The number of halogens is 1. The number of nitrogens with zero attached hydrogens (tertiary/aromatic N) is 2. The number of carbonyl (C=O) groups is 2. The van der Waals surface area contributed by atoms with Gasteiger partial charge in [0, 0.05) is 19.5 Å². The molecule has 1 aliphatic heterocycles. The first kappa shape index (κ1) is 16.1. The highest BCUT2D eigenvalue weighted by molar-refractivity contribution is 5.92. The SMILES string of the molecule is CCC(C)c1cc(C(=O)N2CC[C@@H](CC(=O)[C@H]3CC3F)C2)[nH]n1. The molecule has 2 unspecified atom stereocenters. The Kier molecular flexibility index (Phi) is 4.50. The van der Waals surface area contributed by atoms with E-state index in [-0.39, 0.29) is 23.5 Å². The molecule has 1 saturated heterocycles. The Bertz CT molecular complexity index is 600. The number of nitrogens with one attached hydrogen (secondary N) is 1. The van der Waals surface area contributed by atoms with Crippen LogP contribution in [0.2, 0.25) is 0 Å². The number of alkyl halides is 1. The first-order valence-corrected chi connectivity index (χ1v) is 8.51. The van der Waals surface area contributed by atoms with Gasteiger partial charge in [0.1, 0.15) is 17.6 Å². The Morgan fingerprint density at radius 3 is 2.91 bits per heavy atom. The van der Waals surface area contributed by atoms with Crippen molar-refractivity contribution in [1.29, 1.82) is 0 Å². The van der Waals surface area contributed by atoms with Crippen molar-refractivity contribution in [3.05, 3.63) is 17.5 Å². The van der Waals surface area contributed by atoms with Crippen LogP contribution in [0.4, 0.5) is 4.39 Å². The van der Waals surface area contributed by atoms with Crippen LogP contribution in [0, 0.1) is 11.8 Å². The molecule has 23 heavy (non-hydrogen) atoms. The summed E-state index contributed by atoms with van der Waals surface area (Å²) in [6, 6.07) is 1.83. The molecule has 6 heteroatoms. The number of Topliss-reactive ketones (excluding diaryl/α,β-unsaturated/α-hetero) is 1. The number of hydrogen-bond donors (Lipinski definition) is 1. The molecular weight excluding hydrogens is 297 g/mol. The predicted molar refractivity (Wildman–Crippen MR) is 83.9 cm³/mol. The topological polar surface area (TPSA) is 66.1 Å². The van der Waals surface area contributed by atoms with E-state index in [1.165, 1.54) is 0 Å². The second-order valence-electron chi connectivity index (χ2n) is 6.95. The van der Waals surface area contributed by atoms with Crippen molar-refractivity contribution >= 4 is 11.7 Å². The number of likely N-dealkylation sites (tertiary alicyclic amines) is 1. The van der Waals surface area contributed by atoms with Gasteiger partial charge < -0.3 is 4.90 Å². The van der Waals surface area contributed by atoms with Crippen molar-refractivity contribution in [3.8, 4) is 0 Å². The molecule has 1 N–H and O–H groups in total. The van der Waals surface area contributed by atoms with Crippen LogP contribution in [-0.4, -0.2) is 46.0 Å². The Hall–Kier alpha value is -1.72. The van der Waals surface area contributed by atoms with Gasteiger partial charge in [-0.25, -0.2) is 4.39 Å². The number of H-pyrrole nitrogens is 1. The molecule has 2 fully saturated rings. The zero-order valence-electron chi connectivity index (χ0n) is 13.7. The average Bonchev–Trinajstić information content (AvgIpc) is 2.98. The fourth-order valence-electron chi connectivity index (χ4n) is 3.20. The minimum absolute atomic E-state index is 0.0254. The van der Waals surface area contributed by atoms with Crippen molar-refractivity contribution in [1.82, 2.24) is 15.1 Å². The number of ketones is 1. The van der Waals surface area contributed by atoms with Gasteiger partial charge in [0.25, 0.3) is 5.91 Å². The molecule has 5 nitrogen and oxygen atoms in total. The van der Waals surface area contributed by atoms with Crippen LogP contribution in [-0.2, 0) is 4.79 Å². The first-order chi connectivity index (χ1) is 11.0. The molecule has 0 bridgehead atoms. The maximum Gasteiger partial charge on any atom is 0.271 e. The van der Waals surface area contributed by atoms with Crippen molar-refractivity contribution < 1.29 is 14.0 Å². The van der Waals surface area contributed by atoms with Gasteiger partial charge >= 0.3 is 0 Å². The van der Waals surface area contributed by atoms with Gasteiger partial charge in [0.15, 0.2) is 0 Å². The fourth-order valence-corrected chi connectivity index (χ4v) is 3.20. The molecule has 1 aromatic rings. The van der Waals surface area contributed by atoms with Gasteiger partial charge in [-0.1, -0.05) is 13.8 Å². The maximum atomic E-state index is 12.9. The number of hydrogen-bond acceptors (Lipinski definition) is 3. The summed E-state index contributed by atoms with van der Waals surface area (Å²) in [4.78, 5) is 26.2. The van der Waals surface area contributed by atoms with Crippen LogP contribution < -0.4 is 0 Å². The van der Waals surface area contributed by atoms with E-state index in [4.69, 9.17) is 0 Å². The number of amides is 1. The minimum Gasteiger partial charge on any atom is -0.337 e. The zero-order valence-corrected chi connectivity index (χ0v) is 13.7. The Labute approximate surface area is 135 Å². The van der Waals surface area contributed by atoms with Crippen LogP contribution in [0.25, 0.3) is 0 Å². The number of aromatic amines is 1. The first-order valence-electron chi connectivity index (χ1n) is 8.51. The average molecular weight is 321 g/mol. The van der Waals surface area contributed by atoms with Gasteiger partial charge in [-0.05, 0) is 37.2 Å². The third-order valence-corrected chi connectivity index (χ3v) is 5.13. The lowest BCUT2D eigenvalue weighted by Gasteiger charge is -2.15. The summed E-state index contributed by atoms with van der Waals surface area (Å²) in [5.74, 6) is 0.0831. The quantitative estimate of drug-likeness (QED) is 0.876. The summed E-state index contributed by atoms with van der Waals surface area (Å²) < 4.78 is 12.9. The molecule has 1 aliphatic carbocycles. The molecule has 126 valence electrons. The van der Waals surface area contributed by atoms with Gasteiger partial charge in [0.2, 0.25) is 0 Å². The fraction of sp³-hybridized carbons (Fsp3) is 0.706. The van der Waals surface area contributed by atoms with Crippen LogP contribution >= 0.6 is 0 Å². The lowest BCUT2D eigenvalue weighted by molar-refractivity contribution is -0.121. The number of rotatable bonds is 6. The van der Waals surface area contributed by atoms with Crippen molar-refractivity contribution in [2.45, 2.75) is 51.6 Å². The number of aromatic nitrogens is 2. The van der Waals surface area contributed by atoms with Gasteiger partial charge in [-0.2, -0.15) is 5.10 Å². The number of carbonyl (C=O) groups excluding carboxylic acids is 2. The molecular formula is C17H24FN3O2. The predicted octanol–water partition coefficient (Wildman–Crippen LogP) is 2.70. The van der Waals surface area contributed by atoms with E-state index in [0.29, 0.717) is 37.5 Å². The third kappa shape index (κ3) is 3.46. The van der Waals surface area contributed by atoms with Crippen molar-refractivity contribution in [2.24, 2.45) is 11.8 Å². The van der Waals surface area contributed by atoms with E-state index >= 15 is 0 Å². The molecule has 1 saturated carbocycles. The molecule has 2 heterocycles. The summed E-state index contributed by atoms with van der Waals surface area (Å²) in [5, 5.41) is 7.05. The van der Waals surface area contributed by atoms with E-state index in [1.807, 2.05) is 6.07 Å². The molecule has 0 radical (unpaired) electrons. The smallest absolute Gasteiger partial charge is 0.271 e. The van der Waals surface area contributed by atoms with Gasteiger partial charge in [0.05, 0.1) is 11.6 Å². The highest BCUT2D eigenvalue weighted by atomic mass is 19.1. The van der Waals surface area contributed by atoms with Crippen molar-refractivity contribution in [3.63, 3.8) is 0 Å². The summed E-state index contributed by atoms with van der Waals surface area (Å²) in [6.07, 6.45) is 1.65. The minimum atomic E-state index is -0.925. The largest absolute Gasteiger partial charge is 0.337 e. The lowest BCUT2D eigenvalue weighted by atomic mass is 9.99.